The summed E-state index contributed by atoms with van der Waals surface area (Å²) in [5.41, 5.74) is 0. The molecule has 1 atom stereocenters. The minimum absolute atomic E-state index is 0.0428. The van der Waals surface area contributed by atoms with Crippen molar-refractivity contribution < 1.29 is 9.53 Å². The zero-order chi connectivity index (χ0) is 9.26. The lowest BCUT2D eigenvalue weighted by Crippen LogP contribution is -2.29. The molecule has 1 unspecified atom stereocenters. The molecule has 0 aromatic carbocycles. The first-order chi connectivity index (χ1) is 6.27. The second kappa shape index (κ2) is 3.08. The number of nitrogens with one attached hydrogen (secondary N) is 1. The Morgan fingerprint density at radius 3 is 3.15 bits per heavy atom. The largest absolute Gasteiger partial charge is 0.477 e. The zero-order valence-electron chi connectivity index (χ0n) is 7.36. The maximum absolute atomic E-state index is 11.4. The van der Waals surface area contributed by atoms with E-state index in [0.29, 0.717) is 5.75 Å². The van der Waals surface area contributed by atoms with Gasteiger partial charge in [-0.05, 0) is 0 Å². The standard InChI is InChI=1S/C8H11N3O2/c1-11-3-2-7(8(11)12)13-6-4-9-10-5-6/h4-5,7H,2-3H2,1H3,(H,9,10). The van der Waals surface area contributed by atoms with E-state index in [0.717, 1.165) is 13.0 Å². The molecular formula is C8H11N3O2. The van der Waals surface area contributed by atoms with Gasteiger partial charge >= 0.3 is 0 Å². The van der Waals surface area contributed by atoms with Crippen molar-refractivity contribution in [2.24, 2.45) is 0 Å². The molecule has 2 rings (SSSR count). The van der Waals surface area contributed by atoms with Crippen molar-refractivity contribution in [3.8, 4) is 5.75 Å². The number of amides is 1. The summed E-state index contributed by atoms with van der Waals surface area (Å²) in [6, 6.07) is 0. The van der Waals surface area contributed by atoms with E-state index in [1.165, 1.54) is 0 Å². The van der Waals surface area contributed by atoms with Crippen LogP contribution in [0.2, 0.25) is 0 Å². The van der Waals surface area contributed by atoms with Crippen LogP contribution in [0.25, 0.3) is 0 Å². The average Bonchev–Trinajstić information content (AvgIpc) is 2.71. The summed E-state index contributed by atoms with van der Waals surface area (Å²) in [5.74, 6) is 0.662. The van der Waals surface area contributed by atoms with Gasteiger partial charge in [0.2, 0.25) is 0 Å². The van der Waals surface area contributed by atoms with Crippen molar-refractivity contribution >= 4 is 5.91 Å². The summed E-state index contributed by atoms with van der Waals surface area (Å²) in [5, 5.41) is 6.36. The molecule has 1 aromatic rings. The zero-order valence-corrected chi connectivity index (χ0v) is 7.36. The van der Waals surface area contributed by atoms with E-state index in [1.54, 1.807) is 24.3 Å². The second-order valence-electron chi connectivity index (χ2n) is 3.09. The first-order valence-corrected chi connectivity index (χ1v) is 4.18. The average molecular weight is 181 g/mol. The Morgan fingerprint density at radius 2 is 2.62 bits per heavy atom. The Morgan fingerprint density at radius 1 is 1.77 bits per heavy atom. The van der Waals surface area contributed by atoms with Gasteiger partial charge < -0.3 is 9.64 Å². The van der Waals surface area contributed by atoms with Crippen molar-refractivity contribution in [2.45, 2.75) is 12.5 Å². The van der Waals surface area contributed by atoms with Crippen LogP contribution >= 0.6 is 0 Å². The number of hydrogen-bond donors (Lipinski definition) is 1. The molecule has 1 aromatic heterocycles. The molecule has 1 aliphatic rings. The van der Waals surface area contributed by atoms with Crippen LogP contribution in [0.5, 0.6) is 5.75 Å². The van der Waals surface area contributed by atoms with Crippen molar-refractivity contribution in [3.63, 3.8) is 0 Å². The van der Waals surface area contributed by atoms with Gasteiger partial charge in [-0.1, -0.05) is 0 Å². The van der Waals surface area contributed by atoms with E-state index in [4.69, 9.17) is 4.74 Å². The van der Waals surface area contributed by atoms with Crippen molar-refractivity contribution in [3.05, 3.63) is 12.4 Å². The van der Waals surface area contributed by atoms with E-state index in [-0.39, 0.29) is 12.0 Å². The highest BCUT2D eigenvalue weighted by atomic mass is 16.5. The fourth-order valence-electron chi connectivity index (χ4n) is 1.37. The fraction of sp³-hybridized carbons (Fsp3) is 0.500. The van der Waals surface area contributed by atoms with E-state index < -0.39 is 0 Å². The van der Waals surface area contributed by atoms with Gasteiger partial charge in [-0.2, -0.15) is 5.10 Å². The van der Waals surface area contributed by atoms with Gasteiger partial charge in [0.25, 0.3) is 5.91 Å². The topological polar surface area (TPSA) is 58.2 Å². The van der Waals surface area contributed by atoms with E-state index >= 15 is 0 Å². The van der Waals surface area contributed by atoms with Gasteiger partial charge in [0, 0.05) is 20.0 Å². The number of aromatic amines is 1. The second-order valence-corrected chi connectivity index (χ2v) is 3.09. The van der Waals surface area contributed by atoms with Crippen LogP contribution < -0.4 is 4.74 Å². The number of ether oxygens (including phenoxy) is 1. The minimum Gasteiger partial charge on any atom is -0.477 e. The third-order valence-corrected chi connectivity index (χ3v) is 2.13. The normalized spacial score (nSPS) is 22.4. The number of nitrogens with zero attached hydrogens (tertiary/aromatic N) is 2. The van der Waals surface area contributed by atoms with Gasteiger partial charge in [0.15, 0.2) is 11.9 Å². The third-order valence-electron chi connectivity index (χ3n) is 2.13. The minimum atomic E-state index is -0.331. The molecule has 0 bridgehead atoms. The summed E-state index contributed by atoms with van der Waals surface area (Å²) in [7, 11) is 1.78. The summed E-state index contributed by atoms with van der Waals surface area (Å²) >= 11 is 0. The highest BCUT2D eigenvalue weighted by Crippen LogP contribution is 2.16. The predicted molar refractivity (Wildman–Crippen MR) is 45.3 cm³/mol. The quantitative estimate of drug-likeness (QED) is 0.699. The first-order valence-electron chi connectivity index (χ1n) is 4.18. The number of hydrogen-bond acceptors (Lipinski definition) is 3. The fourth-order valence-corrected chi connectivity index (χ4v) is 1.37. The van der Waals surface area contributed by atoms with E-state index in [1.807, 2.05) is 0 Å². The lowest BCUT2D eigenvalue weighted by atomic mass is 10.3. The summed E-state index contributed by atoms with van der Waals surface area (Å²) in [6.45, 7) is 0.765. The first kappa shape index (κ1) is 8.10. The molecular weight excluding hydrogens is 170 g/mol. The lowest BCUT2D eigenvalue weighted by molar-refractivity contribution is -0.132. The highest BCUT2D eigenvalue weighted by Gasteiger charge is 2.30. The van der Waals surface area contributed by atoms with Gasteiger partial charge in [-0.25, -0.2) is 0 Å². The lowest BCUT2D eigenvalue weighted by Gasteiger charge is -2.10. The van der Waals surface area contributed by atoms with E-state index in [2.05, 4.69) is 10.2 Å². The molecule has 2 heterocycles. The smallest absolute Gasteiger partial charge is 0.263 e. The Bertz CT molecular complexity index is 296. The van der Waals surface area contributed by atoms with Gasteiger partial charge in [0.05, 0.1) is 12.4 Å². The number of likely N-dealkylation sites (N-methyl/N-ethyl adjacent to an activating group) is 1. The van der Waals surface area contributed by atoms with Crippen molar-refractivity contribution in [1.82, 2.24) is 15.1 Å². The number of likely N-dealkylation sites (tertiary alicyclic amines) is 1. The van der Waals surface area contributed by atoms with Crippen LogP contribution in [-0.4, -0.2) is 40.7 Å². The molecule has 13 heavy (non-hydrogen) atoms. The Hall–Kier alpha value is -1.52. The summed E-state index contributed by atoms with van der Waals surface area (Å²) in [4.78, 5) is 13.1. The predicted octanol–water partition coefficient (Wildman–Crippen LogP) is 0.0192. The molecule has 0 radical (unpaired) electrons. The van der Waals surface area contributed by atoms with Crippen molar-refractivity contribution in [1.29, 1.82) is 0 Å². The number of rotatable bonds is 2. The third kappa shape index (κ3) is 1.49. The van der Waals surface area contributed by atoms with Gasteiger partial charge in [-0.15, -0.1) is 0 Å². The van der Waals surface area contributed by atoms with Crippen molar-refractivity contribution in [2.75, 3.05) is 13.6 Å². The molecule has 70 valence electrons. The van der Waals surface area contributed by atoms with Crippen LogP contribution in [0, 0.1) is 0 Å². The number of carbonyl (C=O) groups excluding carboxylic acids is 1. The molecule has 1 amide bonds. The van der Waals surface area contributed by atoms with Crippen LogP contribution in [0.3, 0.4) is 0 Å². The molecule has 0 saturated carbocycles. The Kier molecular flexibility index (Phi) is 1.92. The van der Waals surface area contributed by atoms with Gasteiger partial charge in [-0.3, -0.25) is 9.89 Å². The monoisotopic (exact) mass is 181 g/mol. The van der Waals surface area contributed by atoms with Crippen LogP contribution in [0.15, 0.2) is 12.4 Å². The van der Waals surface area contributed by atoms with E-state index in [9.17, 15) is 4.79 Å². The summed E-state index contributed by atoms with van der Waals surface area (Å²) in [6.07, 6.45) is 3.61. The maximum atomic E-state index is 11.4. The molecule has 1 fully saturated rings. The Balaban J connectivity index is 2.00. The molecule has 0 spiro atoms. The van der Waals surface area contributed by atoms with Crippen LogP contribution in [0.1, 0.15) is 6.42 Å². The molecule has 1 aliphatic heterocycles. The molecule has 5 heteroatoms. The molecule has 1 saturated heterocycles. The molecule has 5 nitrogen and oxygen atoms in total. The SMILES string of the molecule is CN1CCC(Oc2cn[nH]c2)C1=O. The van der Waals surface area contributed by atoms with Crippen LogP contribution in [0.4, 0.5) is 0 Å². The van der Waals surface area contributed by atoms with Crippen LogP contribution in [-0.2, 0) is 4.79 Å². The summed E-state index contributed by atoms with van der Waals surface area (Å²) < 4.78 is 5.41. The van der Waals surface area contributed by atoms with Gasteiger partial charge in [0.1, 0.15) is 0 Å². The molecule has 0 aliphatic carbocycles. The molecule has 1 N–H and O–H groups in total. The maximum Gasteiger partial charge on any atom is 0.263 e. The highest BCUT2D eigenvalue weighted by molar-refractivity contribution is 5.83. The number of aromatic nitrogens is 2. The number of carbonyl (C=O) groups is 1. The number of H-pyrrole nitrogens is 1. The Labute approximate surface area is 75.7 Å².